The van der Waals surface area contributed by atoms with Crippen molar-refractivity contribution in [2.75, 3.05) is 26.2 Å². The van der Waals surface area contributed by atoms with Gasteiger partial charge in [-0.2, -0.15) is 0 Å². The average molecular weight is 388 g/mol. The minimum atomic E-state index is -0.784. The molecule has 1 aromatic carbocycles. The van der Waals surface area contributed by atoms with E-state index in [9.17, 15) is 9.59 Å². The zero-order chi connectivity index (χ0) is 19.9. The van der Waals surface area contributed by atoms with Crippen LogP contribution in [0.5, 0.6) is 0 Å². The molecule has 0 aromatic heterocycles. The number of piperidine rings is 1. The van der Waals surface area contributed by atoms with Crippen LogP contribution in [0.1, 0.15) is 56.9 Å². The molecule has 2 N–H and O–H groups in total. The SMILES string of the molecule is CCN(CC(=O)O)C1CCN(C(=O)NC2CCC(c3ccccc3)CC2)CC1. The number of carboxylic acids is 1. The summed E-state index contributed by atoms with van der Waals surface area (Å²) >= 11 is 0. The van der Waals surface area contributed by atoms with Crippen LogP contribution in [-0.2, 0) is 4.79 Å². The Labute approximate surface area is 167 Å². The molecular weight excluding hydrogens is 354 g/mol. The van der Waals surface area contributed by atoms with Gasteiger partial charge in [-0.1, -0.05) is 37.3 Å². The van der Waals surface area contributed by atoms with Crippen molar-refractivity contribution in [1.29, 1.82) is 0 Å². The molecule has 0 atom stereocenters. The summed E-state index contributed by atoms with van der Waals surface area (Å²) in [5.74, 6) is -0.174. The summed E-state index contributed by atoms with van der Waals surface area (Å²) < 4.78 is 0. The molecule has 1 aliphatic carbocycles. The van der Waals surface area contributed by atoms with Gasteiger partial charge in [0.2, 0.25) is 0 Å². The van der Waals surface area contributed by atoms with Gasteiger partial charge >= 0.3 is 12.0 Å². The van der Waals surface area contributed by atoms with Gasteiger partial charge < -0.3 is 15.3 Å². The lowest BCUT2D eigenvalue weighted by molar-refractivity contribution is -0.139. The smallest absolute Gasteiger partial charge is 0.317 e. The van der Waals surface area contributed by atoms with Crippen LogP contribution in [0.4, 0.5) is 4.79 Å². The normalized spacial score (nSPS) is 23.6. The number of likely N-dealkylation sites (tertiary alicyclic amines) is 1. The summed E-state index contributed by atoms with van der Waals surface area (Å²) in [7, 11) is 0. The molecule has 2 amide bonds. The first-order chi connectivity index (χ1) is 13.6. The predicted octanol–water partition coefficient (Wildman–Crippen LogP) is 3.29. The lowest BCUT2D eigenvalue weighted by Gasteiger charge is -2.38. The van der Waals surface area contributed by atoms with Crippen molar-refractivity contribution in [2.45, 2.75) is 63.5 Å². The van der Waals surface area contributed by atoms with Gasteiger partial charge in [0.15, 0.2) is 0 Å². The monoisotopic (exact) mass is 387 g/mol. The molecule has 154 valence electrons. The molecular formula is C22H33N3O3. The Kier molecular flexibility index (Phi) is 7.31. The van der Waals surface area contributed by atoms with Crippen LogP contribution >= 0.6 is 0 Å². The first-order valence-corrected chi connectivity index (χ1v) is 10.6. The number of hydrogen-bond acceptors (Lipinski definition) is 3. The molecule has 28 heavy (non-hydrogen) atoms. The number of benzene rings is 1. The first-order valence-electron chi connectivity index (χ1n) is 10.6. The fourth-order valence-electron chi connectivity index (χ4n) is 4.67. The Hall–Kier alpha value is -2.08. The third-order valence-electron chi connectivity index (χ3n) is 6.34. The molecule has 2 fully saturated rings. The second kappa shape index (κ2) is 9.92. The van der Waals surface area contributed by atoms with E-state index in [2.05, 4.69) is 35.6 Å². The molecule has 6 nitrogen and oxygen atoms in total. The van der Waals surface area contributed by atoms with Crippen LogP contribution in [0.15, 0.2) is 30.3 Å². The zero-order valence-corrected chi connectivity index (χ0v) is 16.8. The molecule has 1 saturated carbocycles. The number of urea groups is 1. The number of amides is 2. The van der Waals surface area contributed by atoms with E-state index in [0.717, 1.165) is 45.1 Å². The lowest BCUT2D eigenvalue weighted by atomic mass is 9.82. The summed E-state index contributed by atoms with van der Waals surface area (Å²) in [6, 6.07) is 11.2. The lowest BCUT2D eigenvalue weighted by Crippen LogP contribution is -2.52. The molecule has 1 aliphatic heterocycles. The van der Waals surface area contributed by atoms with Crippen LogP contribution in [0.3, 0.4) is 0 Å². The largest absolute Gasteiger partial charge is 0.480 e. The summed E-state index contributed by atoms with van der Waals surface area (Å²) in [5.41, 5.74) is 1.41. The fraction of sp³-hybridized carbons (Fsp3) is 0.636. The molecule has 0 unspecified atom stereocenters. The number of hydrogen-bond donors (Lipinski definition) is 2. The summed E-state index contributed by atoms with van der Waals surface area (Å²) in [5, 5.41) is 12.3. The van der Waals surface area contributed by atoms with Crippen molar-refractivity contribution in [3.8, 4) is 0 Å². The summed E-state index contributed by atoms with van der Waals surface area (Å²) in [6.45, 7) is 4.21. The number of carbonyl (C=O) groups excluding carboxylic acids is 1. The first kappa shape index (κ1) is 20.6. The van der Waals surface area contributed by atoms with E-state index in [0.29, 0.717) is 19.0 Å². The van der Waals surface area contributed by atoms with Crippen LogP contribution in [0.2, 0.25) is 0 Å². The number of nitrogens with one attached hydrogen (secondary N) is 1. The van der Waals surface area contributed by atoms with E-state index >= 15 is 0 Å². The van der Waals surface area contributed by atoms with Crippen molar-refractivity contribution in [2.24, 2.45) is 0 Å². The van der Waals surface area contributed by atoms with E-state index in [-0.39, 0.29) is 24.7 Å². The van der Waals surface area contributed by atoms with Crippen molar-refractivity contribution in [3.63, 3.8) is 0 Å². The van der Waals surface area contributed by atoms with Crippen molar-refractivity contribution in [3.05, 3.63) is 35.9 Å². The number of likely N-dealkylation sites (N-methyl/N-ethyl adjacent to an activating group) is 1. The highest BCUT2D eigenvalue weighted by atomic mass is 16.4. The molecule has 1 heterocycles. The maximum atomic E-state index is 12.6. The number of carbonyl (C=O) groups is 2. The van der Waals surface area contributed by atoms with Crippen molar-refractivity contribution in [1.82, 2.24) is 15.1 Å². The zero-order valence-electron chi connectivity index (χ0n) is 16.8. The third-order valence-corrected chi connectivity index (χ3v) is 6.34. The van der Waals surface area contributed by atoms with Gasteiger partial charge in [0, 0.05) is 25.2 Å². The maximum Gasteiger partial charge on any atom is 0.317 e. The van der Waals surface area contributed by atoms with Gasteiger partial charge in [0.25, 0.3) is 0 Å². The molecule has 3 rings (SSSR count). The highest BCUT2D eigenvalue weighted by molar-refractivity contribution is 5.74. The number of rotatable bonds is 6. The van der Waals surface area contributed by atoms with Gasteiger partial charge in [0.1, 0.15) is 0 Å². The standard InChI is InChI=1S/C22H33N3O3/c1-2-24(16-21(26)27)20-12-14-25(15-13-20)22(28)23-19-10-8-18(9-11-19)17-6-4-3-5-7-17/h3-7,18-20H,2,8-16H2,1H3,(H,23,28)(H,26,27). The van der Waals surface area contributed by atoms with E-state index < -0.39 is 5.97 Å². The number of nitrogens with zero attached hydrogens (tertiary/aromatic N) is 2. The topological polar surface area (TPSA) is 72.9 Å². The van der Waals surface area contributed by atoms with Gasteiger partial charge in [-0.15, -0.1) is 0 Å². The van der Waals surface area contributed by atoms with E-state index in [1.807, 2.05) is 16.7 Å². The van der Waals surface area contributed by atoms with Crippen LogP contribution in [0.25, 0.3) is 0 Å². The van der Waals surface area contributed by atoms with Crippen LogP contribution in [0, 0.1) is 0 Å². The quantitative estimate of drug-likeness (QED) is 0.786. The van der Waals surface area contributed by atoms with E-state index in [4.69, 9.17) is 5.11 Å². The molecule has 2 aliphatic rings. The minimum Gasteiger partial charge on any atom is -0.480 e. The van der Waals surface area contributed by atoms with Gasteiger partial charge in [-0.3, -0.25) is 9.69 Å². The Morgan fingerprint density at radius 1 is 1.07 bits per heavy atom. The maximum absolute atomic E-state index is 12.6. The predicted molar refractivity (Wildman–Crippen MR) is 109 cm³/mol. The highest BCUT2D eigenvalue weighted by Crippen LogP contribution is 2.32. The molecule has 1 aromatic rings. The summed E-state index contributed by atoms with van der Waals surface area (Å²) in [4.78, 5) is 27.6. The molecule has 0 bridgehead atoms. The van der Waals surface area contributed by atoms with Crippen molar-refractivity contribution < 1.29 is 14.7 Å². The van der Waals surface area contributed by atoms with Gasteiger partial charge in [-0.25, -0.2) is 4.79 Å². The number of aliphatic carboxylic acids is 1. The van der Waals surface area contributed by atoms with Crippen LogP contribution in [-0.4, -0.2) is 65.2 Å². The van der Waals surface area contributed by atoms with E-state index in [1.54, 1.807) is 0 Å². The summed E-state index contributed by atoms with van der Waals surface area (Å²) in [6.07, 6.45) is 5.99. The van der Waals surface area contributed by atoms with E-state index in [1.165, 1.54) is 5.56 Å². The Morgan fingerprint density at radius 3 is 2.29 bits per heavy atom. The van der Waals surface area contributed by atoms with Crippen LogP contribution < -0.4 is 5.32 Å². The molecule has 6 heteroatoms. The highest BCUT2D eigenvalue weighted by Gasteiger charge is 2.29. The second-order valence-electron chi connectivity index (χ2n) is 8.08. The Morgan fingerprint density at radius 2 is 1.71 bits per heavy atom. The second-order valence-corrected chi connectivity index (χ2v) is 8.08. The average Bonchev–Trinajstić information content (AvgIpc) is 2.73. The minimum absolute atomic E-state index is 0.0443. The molecule has 0 radical (unpaired) electrons. The third kappa shape index (κ3) is 5.47. The molecule has 1 saturated heterocycles. The van der Waals surface area contributed by atoms with Gasteiger partial charge in [0.05, 0.1) is 6.54 Å². The Bertz CT molecular complexity index is 636. The molecule has 0 spiro atoms. The van der Waals surface area contributed by atoms with Gasteiger partial charge in [-0.05, 0) is 56.6 Å². The van der Waals surface area contributed by atoms with Crippen molar-refractivity contribution >= 4 is 12.0 Å². The Balaban J connectivity index is 1.41. The number of carboxylic acid groups (broad SMARTS) is 1. The fourth-order valence-corrected chi connectivity index (χ4v) is 4.67.